The van der Waals surface area contributed by atoms with E-state index < -0.39 is 11.8 Å². The van der Waals surface area contributed by atoms with E-state index in [-0.39, 0.29) is 34.6 Å². The third kappa shape index (κ3) is 5.12. The molecule has 0 aliphatic carbocycles. The molecule has 4 aromatic rings. The highest BCUT2D eigenvalue weighted by molar-refractivity contribution is 7.00. The molecule has 10 heteroatoms. The van der Waals surface area contributed by atoms with Gasteiger partial charge in [0.25, 0.3) is 0 Å². The SMILES string of the molecule is COc1cc(C(=O)C(Cc2ccc(C#N)cc2)=C(C(=O)O)c2ccc3nsnc3c2)cc(OC)c1OC. The highest BCUT2D eigenvalue weighted by atomic mass is 32.1. The van der Waals surface area contributed by atoms with Crippen LogP contribution in [0.2, 0.25) is 0 Å². The van der Waals surface area contributed by atoms with E-state index in [0.29, 0.717) is 33.5 Å². The van der Waals surface area contributed by atoms with Crippen molar-refractivity contribution in [2.24, 2.45) is 0 Å². The minimum absolute atomic E-state index is 0.00378. The maximum atomic E-state index is 14.0. The van der Waals surface area contributed by atoms with Crippen molar-refractivity contribution in [2.75, 3.05) is 21.3 Å². The van der Waals surface area contributed by atoms with Gasteiger partial charge in [0.2, 0.25) is 5.75 Å². The number of fused-ring (bicyclic) bond motifs is 1. The highest BCUT2D eigenvalue weighted by Gasteiger charge is 2.26. The van der Waals surface area contributed by atoms with Crippen LogP contribution in [-0.2, 0) is 11.2 Å². The number of allylic oxidation sites excluding steroid dienone is 1. The lowest BCUT2D eigenvalue weighted by Gasteiger charge is -2.16. The number of Topliss-reactive ketones (excluding diaryl/α,β-unsaturated/α-hetero) is 1. The van der Waals surface area contributed by atoms with E-state index in [1.807, 2.05) is 6.07 Å². The number of methoxy groups -OCH3 is 3. The third-order valence-electron chi connectivity index (χ3n) is 5.72. The lowest BCUT2D eigenvalue weighted by Crippen LogP contribution is -2.14. The second kappa shape index (κ2) is 10.9. The Kier molecular flexibility index (Phi) is 7.46. The van der Waals surface area contributed by atoms with Gasteiger partial charge in [-0.1, -0.05) is 18.2 Å². The van der Waals surface area contributed by atoms with Gasteiger partial charge in [0, 0.05) is 17.6 Å². The number of carbonyl (C=O) groups excluding carboxylic acids is 1. The third-order valence-corrected chi connectivity index (χ3v) is 6.28. The summed E-state index contributed by atoms with van der Waals surface area (Å²) in [6, 6.07) is 16.5. The van der Waals surface area contributed by atoms with E-state index in [2.05, 4.69) is 8.75 Å². The van der Waals surface area contributed by atoms with Crippen molar-refractivity contribution >= 4 is 40.1 Å². The Morgan fingerprint density at radius 1 is 0.892 bits per heavy atom. The number of hydrogen-bond donors (Lipinski definition) is 1. The van der Waals surface area contributed by atoms with Gasteiger partial charge in [0.05, 0.1) is 50.3 Å². The van der Waals surface area contributed by atoms with Crippen LogP contribution in [0.3, 0.4) is 0 Å². The van der Waals surface area contributed by atoms with E-state index in [0.717, 1.165) is 11.7 Å². The predicted octanol–water partition coefficient (Wildman–Crippen LogP) is 4.55. The van der Waals surface area contributed by atoms with Crippen LogP contribution >= 0.6 is 11.7 Å². The van der Waals surface area contributed by atoms with Crippen LogP contribution in [0.1, 0.15) is 27.0 Å². The smallest absolute Gasteiger partial charge is 0.336 e. The molecule has 0 bridgehead atoms. The summed E-state index contributed by atoms with van der Waals surface area (Å²) >= 11 is 1.01. The number of carboxylic acids is 1. The van der Waals surface area contributed by atoms with Crippen molar-refractivity contribution in [3.63, 3.8) is 0 Å². The Balaban J connectivity index is 1.94. The summed E-state index contributed by atoms with van der Waals surface area (Å²) in [6.45, 7) is 0. The van der Waals surface area contributed by atoms with E-state index in [4.69, 9.17) is 19.5 Å². The number of carboxylic acid groups (broad SMARTS) is 1. The molecule has 0 saturated heterocycles. The zero-order valence-corrected chi connectivity index (χ0v) is 21.0. The molecule has 0 atom stereocenters. The second-order valence-corrected chi connectivity index (χ2v) is 8.38. The number of nitriles is 1. The van der Waals surface area contributed by atoms with Crippen LogP contribution in [0.15, 0.2) is 60.2 Å². The summed E-state index contributed by atoms with van der Waals surface area (Å²) in [5, 5.41) is 19.4. The minimum atomic E-state index is -1.27. The lowest BCUT2D eigenvalue weighted by atomic mass is 9.89. The van der Waals surface area contributed by atoms with Gasteiger partial charge in [-0.15, -0.1) is 0 Å². The van der Waals surface area contributed by atoms with Crippen LogP contribution < -0.4 is 14.2 Å². The molecule has 37 heavy (non-hydrogen) atoms. The van der Waals surface area contributed by atoms with Crippen LogP contribution in [0.5, 0.6) is 17.2 Å². The van der Waals surface area contributed by atoms with Gasteiger partial charge in [-0.2, -0.15) is 14.0 Å². The first-order chi connectivity index (χ1) is 17.9. The van der Waals surface area contributed by atoms with Gasteiger partial charge in [-0.3, -0.25) is 4.79 Å². The zero-order valence-electron chi connectivity index (χ0n) is 20.1. The molecule has 0 aliphatic rings. The fourth-order valence-electron chi connectivity index (χ4n) is 3.93. The molecule has 0 saturated carbocycles. The Morgan fingerprint density at radius 3 is 2.11 bits per heavy atom. The summed E-state index contributed by atoms with van der Waals surface area (Å²) in [6.07, 6.45) is -0.00378. The fraction of sp³-hybridized carbons (Fsp3) is 0.148. The summed E-state index contributed by atoms with van der Waals surface area (Å²) in [5.74, 6) is -0.979. The molecule has 0 fully saturated rings. The average molecular weight is 516 g/mol. The zero-order chi connectivity index (χ0) is 26.5. The molecule has 3 aromatic carbocycles. The molecule has 0 amide bonds. The number of aliphatic carboxylic acids is 1. The van der Waals surface area contributed by atoms with Gasteiger partial charge < -0.3 is 19.3 Å². The molecule has 0 aliphatic heterocycles. The molecule has 0 unspecified atom stereocenters. The monoisotopic (exact) mass is 515 g/mol. The Hall–Kier alpha value is -4.75. The highest BCUT2D eigenvalue weighted by Crippen LogP contribution is 2.39. The van der Waals surface area contributed by atoms with E-state index in [9.17, 15) is 14.7 Å². The molecule has 4 rings (SSSR count). The van der Waals surface area contributed by atoms with Crippen molar-refractivity contribution in [3.05, 3.63) is 82.4 Å². The number of aromatic nitrogens is 2. The van der Waals surface area contributed by atoms with Crippen molar-refractivity contribution in [1.29, 1.82) is 5.26 Å². The Labute approximate surface area is 216 Å². The van der Waals surface area contributed by atoms with Crippen molar-refractivity contribution < 1.29 is 28.9 Å². The maximum absolute atomic E-state index is 14.0. The normalized spacial score (nSPS) is 11.4. The van der Waals surface area contributed by atoms with Gasteiger partial charge in [0.1, 0.15) is 11.0 Å². The van der Waals surface area contributed by atoms with Crippen LogP contribution in [0.4, 0.5) is 0 Å². The minimum Gasteiger partial charge on any atom is -0.493 e. The molecule has 1 aromatic heterocycles. The molecule has 9 nitrogen and oxygen atoms in total. The number of benzene rings is 3. The van der Waals surface area contributed by atoms with Gasteiger partial charge in [-0.05, 0) is 47.5 Å². The van der Waals surface area contributed by atoms with E-state index >= 15 is 0 Å². The van der Waals surface area contributed by atoms with Crippen LogP contribution in [0, 0.1) is 11.3 Å². The number of rotatable bonds is 9. The first kappa shape index (κ1) is 25.3. The van der Waals surface area contributed by atoms with Gasteiger partial charge in [0.15, 0.2) is 17.3 Å². The largest absolute Gasteiger partial charge is 0.493 e. The molecule has 0 spiro atoms. The Morgan fingerprint density at radius 2 is 1.54 bits per heavy atom. The summed E-state index contributed by atoms with van der Waals surface area (Å²) in [4.78, 5) is 26.6. The first-order valence-electron chi connectivity index (χ1n) is 10.9. The fourth-order valence-corrected chi connectivity index (χ4v) is 4.45. The number of hydrogen-bond acceptors (Lipinski definition) is 9. The average Bonchev–Trinajstić information content (AvgIpc) is 3.39. The number of ketones is 1. The summed E-state index contributed by atoms with van der Waals surface area (Å²) in [5.41, 5.74) is 2.61. The van der Waals surface area contributed by atoms with Crippen molar-refractivity contribution in [1.82, 2.24) is 8.75 Å². The van der Waals surface area contributed by atoms with Gasteiger partial charge in [-0.25, -0.2) is 4.79 Å². The van der Waals surface area contributed by atoms with Crippen LogP contribution in [0.25, 0.3) is 16.6 Å². The molecular weight excluding hydrogens is 494 g/mol. The van der Waals surface area contributed by atoms with Crippen LogP contribution in [-0.4, -0.2) is 46.9 Å². The van der Waals surface area contributed by atoms with E-state index in [1.165, 1.54) is 33.5 Å². The van der Waals surface area contributed by atoms with Crippen molar-refractivity contribution in [3.8, 4) is 23.3 Å². The second-order valence-electron chi connectivity index (χ2n) is 7.86. The first-order valence-corrected chi connectivity index (χ1v) is 11.7. The summed E-state index contributed by atoms with van der Waals surface area (Å²) < 4.78 is 24.5. The number of ether oxygens (including phenoxy) is 3. The standard InChI is InChI=1S/C27H21N3O6S/c1-34-22-12-18(13-23(35-2)26(22)36-3)25(31)19(10-15-4-6-16(14-28)7-5-15)24(27(32)33)17-8-9-20-21(11-17)30-37-29-20/h4-9,11-13H,10H2,1-3H3,(H,32,33). The topological polar surface area (TPSA) is 132 Å². The molecule has 1 heterocycles. The van der Waals surface area contributed by atoms with Crippen molar-refractivity contribution in [2.45, 2.75) is 6.42 Å². The number of nitrogens with zero attached hydrogens (tertiary/aromatic N) is 3. The lowest BCUT2D eigenvalue weighted by molar-refractivity contribution is -0.130. The molecule has 1 N–H and O–H groups in total. The van der Waals surface area contributed by atoms with E-state index in [1.54, 1.807) is 42.5 Å². The summed E-state index contributed by atoms with van der Waals surface area (Å²) in [7, 11) is 4.31. The maximum Gasteiger partial charge on any atom is 0.336 e. The quantitative estimate of drug-likeness (QED) is 0.252. The number of carbonyl (C=O) groups is 2. The molecule has 186 valence electrons. The molecule has 0 radical (unpaired) electrons. The van der Waals surface area contributed by atoms with Gasteiger partial charge >= 0.3 is 5.97 Å². The Bertz CT molecular complexity index is 1540. The molecular formula is C27H21N3O6S. The predicted molar refractivity (Wildman–Crippen MR) is 137 cm³/mol.